The number of hydrogen-bond donors (Lipinski definition) is 0. The summed E-state index contributed by atoms with van der Waals surface area (Å²) >= 11 is 5.96. The highest BCUT2D eigenvalue weighted by Crippen LogP contribution is 2.36. The van der Waals surface area contributed by atoms with E-state index in [1.165, 1.54) is 0 Å². The molecule has 1 aliphatic heterocycles. The second kappa shape index (κ2) is 6.93. The molecule has 0 bridgehead atoms. The molecular formula is C18H15ClO5. The Labute approximate surface area is 144 Å². The average Bonchev–Trinajstić information content (AvgIpc) is 3.01. The molecule has 0 N–H and O–H groups in total. The zero-order valence-corrected chi connectivity index (χ0v) is 13.8. The van der Waals surface area contributed by atoms with E-state index >= 15 is 0 Å². The zero-order valence-electron chi connectivity index (χ0n) is 13.0. The molecule has 2 aromatic rings. The van der Waals surface area contributed by atoms with E-state index in [2.05, 4.69) is 0 Å². The molecule has 0 spiro atoms. The number of carbonyl (C=O) groups is 2. The summed E-state index contributed by atoms with van der Waals surface area (Å²) in [6.45, 7) is 2.10. The standard InChI is InChI=1S/C18H15ClO5/c1-2-22-17(20)8-12-7-15-16(24-10-23-15)9-14(12)18(21)11-4-3-5-13(19)6-11/h3-7,9H,2,8,10H2,1H3. The fourth-order valence-electron chi connectivity index (χ4n) is 2.49. The minimum absolute atomic E-state index is 0.0217. The molecular weight excluding hydrogens is 332 g/mol. The van der Waals surface area contributed by atoms with E-state index in [0.717, 1.165) is 0 Å². The Bertz CT molecular complexity index is 800. The Morgan fingerprint density at radius 2 is 1.92 bits per heavy atom. The molecule has 1 heterocycles. The van der Waals surface area contributed by atoms with Crippen molar-refractivity contribution >= 4 is 23.4 Å². The minimum Gasteiger partial charge on any atom is -0.466 e. The van der Waals surface area contributed by atoms with Gasteiger partial charge in [0, 0.05) is 16.1 Å². The van der Waals surface area contributed by atoms with Gasteiger partial charge in [-0.1, -0.05) is 23.7 Å². The largest absolute Gasteiger partial charge is 0.466 e. The Morgan fingerprint density at radius 3 is 2.62 bits per heavy atom. The van der Waals surface area contributed by atoms with Crippen molar-refractivity contribution in [2.24, 2.45) is 0 Å². The van der Waals surface area contributed by atoms with Gasteiger partial charge in [-0.25, -0.2) is 0 Å². The molecule has 0 radical (unpaired) electrons. The molecule has 0 aliphatic carbocycles. The molecule has 1 aliphatic rings. The predicted molar refractivity (Wildman–Crippen MR) is 87.8 cm³/mol. The Kier molecular flexibility index (Phi) is 4.71. The van der Waals surface area contributed by atoms with Gasteiger partial charge in [-0.05, 0) is 36.8 Å². The Morgan fingerprint density at radius 1 is 1.17 bits per heavy atom. The van der Waals surface area contributed by atoms with Gasteiger partial charge < -0.3 is 14.2 Å². The molecule has 5 nitrogen and oxygen atoms in total. The molecule has 6 heteroatoms. The zero-order chi connectivity index (χ0) is 17.1. The van der Waals surface area contributed by atoms with Crippen molar-refractivity contribution in [2.45, 2.75) is 13.3 Å². The highest BCUT2D eigenvalue weighted by Gasteiger charge is 2.23. The van der Waals surface area contributed by atoms with Crippen LogP contribution in [0.3, 0.4) is 0 Å². The molecule has 0 saturated carbocycles. The first kappa shape index (κ1) is 16.3. The van der Waals surface area contributed by atoms with E-state index in [1.54, 1.807) is 43.3 Å². The van der Waals surface area contributed by atoms with Gasteiger partial charge in [0.05, 0.1) is 13.0 Å². The molecule has 3 rings (SSSR count). The van der Waals surface area contributed by atoms with Gasteiger partial charge in [0.25, 0.3) is 0 Å². The molecule has 124 valence electrons. The molecule has 0 saturated heterocycles. The van der Waals surface area contributed by atoms with E-state index in [4.69, 9.17) is 25.8 Å². The number of esters is 1. The molecule has 24 heavy (non-hydrogen) atoms. The summed E-state index contributed by atoms with van der Waals surface area (Å²) in [5.74, 6) is 0.344. The van der Waals surface area contributed by atoms with Crippen molar-refractivity contribution in [2.75, 3.05) is 13.4 Å². The van der Waals surface area contributed by atoms with Crippen LogP contribution < -0.4 is 9.47 Å². The van der Waals surface area contributed by atoms with Crippen molar-refractivity contribution in [3.63, 3.8) is 0 Å². The van der Waals surface area contributed by atoms with Crippen LogP contribution in [0.2, 0.25) is 5.02 Å². The predicted octanol–water partition coefficient (Wildman–Crippen LogP) is 3.41. The summed E-state index contributed by atoms with van der Waals surface area (Å²) < 4.78 is 15.7. The third kappa shape index (κ3) is 3.36. The molecule has 0 aromatic heterocycles. The number of hydrogen-bond acceptors (Lipinski definition) is 5. The van der Waals surface area contributed by atoms with Crippen LogP contribution in [-0.4, -0.2) is 25.2 Å². The van der Waals surface area contributed by atoms with Crippen LogP contribution in [0.15, 0.2) is 36.4 Å². The fourth-order valence-corrected chi connectivity index (χ4v) is 2.68. The number of ether oxygens (including phenoxy) is 3. The lowest BCUT2D eigenvalue weighted by molar-refractivity contribution is -0.142. The number of halogens is 1. The summed E-state index contributed by atoms with van der Waals surface area (Å²) in [7, 11) is 0. The Hall–Kier alpha value is -2.53. The Balaban J connectivity index is 2.01. The summed E-state index contributed by atoms with van der Waals surface area (Å²) in [6.07, 6.45) is -0.0217. The van der Waals surface area contributed by atoms with Crippen molar-refractivity contribution in [3.05, 3.63) is 58.1 Å². The quantitative estimate of drug-likeness (QED) is 0.613. The highest BCUT2D eigenvalue weighted by atomic mass is 35.5. The van der Waals surface area contributed by atoms with E-state index < -0.39 is 5.97 Å². The number of benzene rings is 2. The molecule has 0 fully saturated rings. The highest BCUT2D eigenvalue weighted by molar-refractivity contribution is 6.31. The lowest BCUT2D eigenvalue weighted by Gasteiger charge is -2.10. The third-order valence-electron chi connectivity index (χ3n) is 3.57. The number of ketones is 1. The van der Waals surface area contributed by atoms with Crippen LogP contribution >= 0.6 is 11.6 Å². The first-order chi connectivity index (χ1) is 11.6. The van der Waals surface area contributed by atoms with Crippen LogP contribution in [0.4, 0.5) is 0 Å². The molecule has 0 atom stereocenters. The summed E-state index contributed by atoms with van der Waals surface area (Å²) in [5.41, 5.74) is 1.34. The fraction of sp³-hybridized carbons (Fsp3) is 0.222. The van der Waals surface area contributed by atoms with Gasteiger partial charge in [-0.15, -0.1) is 0 Å². The smallest absolute Gasteiger partial charge is 0.310 e. The lowest BCUT2D eigenvalue weighted by atomic mass is 9.96. The van der Waals surface area contributed by atoms with Crippen LogP contribution in [0, 0.1) is 0 Å². The van der Waals surface area contributed by atoms with Crippen molar-refractivity contribution in [1.82, 2.24) is 0 Å². The SMILES string of the molecule is CCOC(=O)Cc1cc2c(cc1C(=O)c1cccc(Cl)c1)OCO2. The summed E-state index contributed by atoms with van der Waals surface area (Å²) in [5, 5.41) is 0.466. The first-order valence-corrected chi connectivity index (χ1v) is 7.84. The molecule has 0 unspecified atom stereocenters. The first-order valence-electron chi connectivity index (χ1n) is 7.47. The van der Waals surface area contributed by atoms with Gasteiger partial charge >= 0.3 is 5.97 Å². The number of rotatable bonds is 5. The topological polar surface area (TPSA) is 61.8 Å². The minimum atomic E-state index is -0.406. The van der Waals surface area contributed by atoms with E-state index in [1.807, 2.05) is 0 Å². The normalized spacial score (nSPS) is 12.1. The maximum absolute atomic E-state index is 12.9. The van der Waals surface area contributed by atoms with Gasteiger partial charge in [-0.3, -0.25) is 9.59 Å². The van der Waals surface area contributed by atoms with E-state index in [-0.39, 0.29) is 25.6 Å². The second-order valence-corrected chi connectivity index (χ2v) is 5.62. The van der Waals surface area contributed by atoms with Gasteiger partial charge in [0.15, 0.2) is 17.3 Å². The lowest BCUT2D eigenvalue weighted by Crippen LogP contribution is -2.12. The third-order valence-corrected chi connectivity index (χ3v) is 3.81. The van der Waals surface area contributed by atoms with Gasteiger partial charge in [-0.2, -0.15) is 0 Å². The van der Waals surface area contributed by atoms with E-state index in [0.29, 0.717) is 33.2 Å². The van der Waals surface area contributed by atoms with Crippen molar-refractivity contribution < 1.29 is 23.8 Å². The van der Waals surface area contributed by atoms with Crippen LogP contribution in [0.5, 0.6) is 11.5 Å². The van der Waals surface area contributed by atoms with Crippen molar-refractivity contribution in [1.29, 1.82) is 0 Å². The van der Waals surface area contributed by atoms with Crippen LogP contribution in [0.1, 0.15) is 28.4 Å². The van der Waals surface area contributed by atoms with Gasteiger partial charge in [0.1, 0.15) is 0 Å². The van der Waals surface area contributed by atoms with E-state index in [9.17, 15) is 9.59 Å². The second-order valence-electron chi connectivity index (χ2n) is 5.18. The van der Waals surface area contributed by atoms with Crippen LogP contribution in [0.25, 0.3) is 0 Å². The maximum atomic E-state index is 12.9. The molecule has 2 aromatic carbocycles. The van der Waals surface area contributed by atoms with Crippen LogP contribution in [-0.2, 0) is 16.0 Å². The van der Waals surface area contributed by atoms with Crippen molar-refractivity contribution in [3.8, 4) is 11.5 Å². The summed E-state index contributed by atoms with van der Waals surface area (Å²) in [6, 6.07) is 9.90. The van der Waals surface area contributed by atoms with Gasteiger partial charge in [0.2, 0.25) is 6.79 Å². The number of carbonyl (C=O) groups excluding carboxylic acids is 2. The molecule has 0 amide bonds. The average molecular weight is 347 g/mol. The maximum Gasteiger partial charge on any atom is 0.310 e. The summed E-state index contributed by atoms with van der Waals surface area (Å²) in [4.78, 5) is 24.7. The monoisotopic (exact) mass is 346 g/mol. The number of fused-ring (bicyclic) bond motifs is 1.